The first-order valence-electron chi connectivity index (χ1n) is 22.8. The van der Waals surface area contributed by atoms with Crippen molar-refractivity contribution in [3.05, 3.63) is 110 Å². The van der Waals surface area contributed by atoms with Crippen molar-refractivity contribution in [2.75, 3.05) is 6.54 Å². The molecular weight excluding hydrogens is 861 g/mol. The molecule has 0 aromatic rings. The molecule has 0 aromatic heterocycles. The molecule has 0 radical (unpaired) electrons. The van der Waals surface area contributed by atoms with Crippen molar-refractivity contribution in [3.63, 3.8) is 0 Å². The Morgan fingerprint density at radius 3 is 1.18 bits per heavy atom. The molecule has 0 bridgehead atoms. The van der Waals surface area contributed by atoms with E-state index in [0.29, 0.717) is 12.8 Å². The van der Waals surface area contributed by atoms with Gasteiger partial charge in [0.15, 0.2) is 0 Å². The van der Waals surface area contributed by atoms with Crippen molar-refractivity contribution in [1.82, 2.24) is 0 Å². The van der Waals surface area contributed by atoms with Crippen molar-refractivity contribution >= 4 is 55.6 Å². The fourth-order valence-electron chi connectivity index (χ4n) is 4.81. The van der Waals surface area contributed by atoms with E-state index in [1.165, 1.54) is 19.4 Å². The van der Waals surface area contributed by atoms with E-state index in [2.05, 4.69) is 33.4 Å². The predicted molar refractivity (Wildman–Crippen MR) is 256 cm³/mol. The maximum Gasteiger partial charge on any atom is 2.00 e. The van der Waals surface area contributed by atoms with E-state index in [9.17, 15) is 60.3 Å². The molecule has 10 N–H and O–H groups in total. The second-order valence-electron chi connectivity index (χ2n) is 15.1. The summed E-state index contributed by atoms with van der Waals surface area (Å²) in [6.45, 7) is 11.9. The van der Waals surface area contributed by atoms with E-state index >= 15 is 0 Å². The number of carbonyl (C=O) groups is 3. The molecule has 15 heteroatoms. The zero-order chi connectivity index (χ0) is 49.4. The van der Waals surface area contributed by atoms with Gasteiger partial charge >= 0.3 is 37.7 Å². The van der Waals surface area contributed by atoms with Gasteiger partial charge in [0, 0.05) is 17.9 Å². The van der Waals surface area contributed by atoms with E-state index < -0.39 is 60.4 Å². The van der Waals surface area contributed by atoms with Crippen LogP contribution in [0.5, 0.6) is 0 Å². The molecule has 0 rings (SSSR count). The van der Waals surface area contributed by atoms with Gasteiger partial charge in [0.25, 0.3) is 0 Å². The molecule has 0 aliphatic heterocycles. The van der Waals surface area contributed by atoms with Crippen LogP contribution in [0.4, 0.5) is 0 Å². The van der Waals surface area contributed by atoms with Crippen LogP contribution >= 0.6 is 0 Å². The summed E-state index contributed by atoms with van der Waals surface area (Å²) in [5.74, 6) is -4.08. The number of nitrogens with one attached hydrogen (secondary N) is 1. The number of aliphatic hydroxyl groups excluding tert-OH is 6. The minimum atomic E-state index is -1.32. The fraction of sp³-hybridized carbons (Fsp3) is 0.600. The van der Waals surface area contributed by atoms with Crippen LogP contribution in [-0.2, 0) is 14.4 Å². The van der Waals surface area contributed by atoms with Crippen molar-refractivity contribution in [2.24, 2.45) is 5.92 Å². The molecule has 0 aromatic carbocycles. The van der Waals surface area contributed by atoms with E-state index in [4.69, 9.17) is 5.73 Å². The maximum atomic E-state index is 10.3. The third-order valence-electron chi connectivity index (χ3n) is 8.86. The molecule has 0 saturated heterocycles. The van der Waals surface area contributed by atoms with Crippen LogP contribution in [0.1, 0.15) is 137 Å². The molecule has 0 aliphatic rings. The van der Waals surface area contributed by atoms with Crippen LogP contribution in [0.2, 0.25) is 0 Å². The number of carbonyl (C=O) groups excluding carboxylic acids is 3. The minimum absolute atomic E-state index is 0. The molecule has 0 aliphatic carbocycles. The first-order chi connectivity index (χ1) is 30.4. The molecule has 0 spiro atoms. The summed E-state index contributed by atoms with van der Waals surface area (Å²) in [6.07, 6.45) is 37.3. The van der Waals surface area contributed by atoms with Crippen molar-refractivity contribution < 1.29 is 66.1 Å². The Bertz CT molecular complexity index is 1350. The van der Waals surface area contributed by atoms with Crippen LogP contribution in [0.25, 0.3) is 5.73 Å². The Hall–Kier alpha value is -2.73. The minimum Gasteiger partial charge on any atom is -0.670 e. The van der Waals surface area contributed by atoms with Crippen molar-refractivity contribution in [3.8, 4) is 0 Å². The normalized spacial score (nSPS) is 15.5. The Balaban J connectivity index is -0.000000274. The molecule has 0 unspecified atom stereocenters. The first kappa shape index (κ1) is 71.3. The Morgan fingerprint density at radius 1 is 0.523 bits per heavy atom. The van der Waals surface area contributed by atoms with Gasteiger partial charge in [0.05, 0.1) is 43.2 Å². The number of rotatable bonds is 33. The molecule has 370 valence electrons. The standard InChI is InChI=1S/C20H32O5.C20H34O3.C7H14NO2.C3H6NO2.Ca/c1-2-3-8-12-17(21)13-9-6-4-5-7-10-14-18(22)19(23)15-11-16-20(24)25;1-3-5-11-14-18(21)15-12-9-7-8-10-13-17-20(23)19(22)16-6-4-2;1-6(7(9)10)4-2-3-5-8;1-2(4)3(5)6;/h4-7,9-10,13-14,17-19,21-23H,2-3,8,11-12,15-16H2,1H3,(H,24,25);7-10,12-13,15,17-23H,3-6,11,14,16H2,1-2H3;6H,1-5,8H2,(H,9,10);2,4H,1H3,(H,5,6);/q;;2*-1;+2/p-2/b6-4-,7-5+,13-9+,14-10+;9-7-,10-8+,15-12+,17-13+;;;/t17-,18+,19-;18-,19-,20+;6-;2-;/m0000./s1. The smallest absolute Gasteiger partial charge is 0.670 e. The van der Waals surface area contributed by atoms with Crippen LogP contribution in [0, 0.1) is 12.8 Å². The van der Waals surface area contributed by atoms with Gasteiger partial charge < -0.3 is 78.7 Å². The number of quaternary nitrogens is 1. The summed E-state index contributed by atoms with van der Waals surface area (Å²) >= 11 is 0. The summed E-state index contributed by atoms with van der Waals surface area (Å²) in [7, 11) is 0. The molecule has 0 amide bonds. The fourth-order valence-corrected chi connectivity index (χ4v) is 4.81. The van der Waals surface area contributed by atoms with E-state index in [0.717, 1.165) is 77.2 Å². The van der Waals surface area contributed by atoms with Gasteiger partial charge in [-0.25, -0.2) is 0 Å². The van der Waals surface area contributed by atoms with Gasteiger partial charge in [-0.15, -0.1) is 12.0 Å². The number of aliphatic carboxylic acids is 3. The first-order valence-corrected chi connectivity index (χ1v) is 22.8. The number of allylic oxidation sites excluding steroid dienone is 12. The second kappa shape index (κ2) is 53.9. The Morgan fingerprint density at radius 2 is 0.862 bits per heavy atom. The molecule has 0 saturated carbocycles. The summed E-state index contributed by atoms with van der Waals surface area (Å²) in [5.41, 5.74) is 10.0. The third-order valence-corrected chi connectivity index (χ3v) is 8.86. The van der Waals surface area contributed by atoms with Crippen molar-refractivity contribution in [2.45, 2.75) is 180 Å². The number of carboxylic acids is 3. The summed E-state index contributed by atoms with van der Waals surface area (Å²) in [6, 6.07) is -1.09. The quantitative estimate of drug-likeness (QED) is 0.0216. The van der Waals surface area contributed by atoms with E-state index in [-0.39, 0.29) is 63.1 Å². The van der Waals surface area contributed by atoms with E-state index in [1.54, 1.807) is 66.8 Å². The molecule has 8 atom stereocenters. The number of carboxylic acid groups (broad SMARTS) is 3. The van der Waals surface area contributed by atoms with Crippen LogP contribution < -0.4 is 21.1 Å². The van der Waals surface area contributed by atoms with Crippen molar-refractivity contribution in [1.29, 1.82) is 0 Å². The molecule has 65 heavy (non-hydrogen) atoms. The number of hydrogen-bond acceptors (Lipinski definition) is 12. The average Bonchev–Trinajstić information content (AvgIpc) is 3.25. The van der Waals surface area contributed by atoms with Gasteiger partial charge in [-0.2, -0.15) is 0 Å². The van der Waals surface area contributed by atoms with E-state index in [1.807, 2.05) is 24.3 Å². The average molecular weight is 945 g/mol. The van der Waals surface area contributed by atoms with Gasteiger partial charge in [-0.05, 0) is 51.4 Å². The van der Waals surface area contributed by atoms with Crippen LogP contribution in [-0.4, -0.2) is 135 Å². The largest absolute Gasteiger partial charge is 2.00 e. The summed E-state index contributed by atoms with van der Waals surface area (Å²) < 4.78 is 0. The number of unbranched alkanes of at least 4 members (excludes halogenated alkanes) is 6. The predicted octanol–water partition coefficient (Wildman–Crippen LogP) is 3.25. The number of aliphatic hydroxyl groups is 6. The SMILES string of the molecule is CCCCC[C@H](O)/C=C/C=C\C=C\C=C\[C@@H](O)[C@@H](O)CCCC.CCCCC[C@H](O)/C=C/C=C\C=C\C=C\[C@@H](O)[C@@H](O)CCCC(=O)[O-].C[C@H]([NH-])C(=O)[O-].[CH2-][C@@H](CCCC[NH3+])C(=O)[O-].[Ca+2]. The second-order valence-corrected chi connectivity index (χ2v) is 15.1. The van der Waals surface area contributed by atoms with Gasteiger partial charge in [0.1, 0.15) is 0 Å². The molecule has 14 nitrogen and oxygen atoms in total. The van der Waals surface area contributed by atoms with Gasteiger partial charge in [-0.1, -0.05) is 183 Å². The zero-order valence-corrected chi connectivity index (χ0v) is 42.0. The van der Waals surface area contributed by atoms with Gasteiger partial charge in [-0.3, -0.25) is 0 Å². The van der Waals surface area contributed by atoms with Gasteiger partial charge in [0.2, 0.25) is 0 Å². The maximum absolute atomic E-state index is 10.3. The number of hydrogen-bond donors (Lipinski definition) is 7. The Labute approximate surface area is 421 Å². The molecule has 0 fully saturated rings. The zero-order valence-electron chi connectivity index (χ0n) is 39.8. The Kier molecular flexibility index (Phi) is 59.1. The van der Waals surface area contributed by atoms with Crippen LogP contribution in [0.15, 0.2) is 97.2 Å². The molecular formula is C50H84CaN2O12-2. The summed E-state index contributed by atoms with van der Waals surface area (Å²) in [5, 5.41) is 87.9. The monoisotopic (exact) mass is 945 g/mol. The summed E-state index contributed by atoms with van der Waals surface area (Å²) in [4.78, 5) is 29.8. The third kappa shape index (κ3) is 59.3. The molecule has 0 heterocycles. The van der Waals surface area contributed by atoms with Crippen LogP contribution in [0.3, 0.4) is 0 Å². The topological polar surface area (TPSA) is 293 Å².